The molecule has 0 aromatic heterocycles. The van der Waals surface area contributed by atoms with Crippen LogP contribution in [0.15, 0.2) is 72.8 Å². The Bertz CT molecular complexity index is 1460. The molecule has 1 fully saturated rings. The minimum Gasteiger partial charge on any atom is -0.444 e. The van der Waals surface area contributed by atoms with Crippen LogP contribution in [-0.4, -0.2) is 83.2 Å². The van der Waals surface area contributed by atoms with Crippen LogP contribution in [0.3, 0.4) is 0 Å². The molecule has 1 atom stereocenters. The van der Waals surface area contributed by atoms with Gasteiger partial charge in [-0.25, -0.2) is 9.59 Å². The maximum atomic E-state index is 13.9. The van der Waals surface area contributed by atoms with E-state index in [2.05, 4.69) is 5.32 Å². The Morgan fingerprint density at radius 2 is 1.60 bits per heavy atom. The fourth-order valence-corrected chi connectivity index (χ4v) is 5.22. The molecule has 3 aromatic carbocycles. The van der Waals surface area contributed by atoms with Gasteiger partial charge in [-0.05, 0) is 61.9 Å². The number of urea groups is 1. The Hall–Kier alpha value is -4.28. The molecule has 4 amide bonds. The van der Waals surface area contributed by atoms with Gasteiger partial charge in [-0.3, -0.25) is 14.5 Å². The first-order chi connectivity index (χ1) is 21.5. The molecule has 0 unspecified atom stereocenters. The second-order valence-corrected chi connectivity index (χ2v) is 12.3. The molecule has 10 nitrogen and oxygen atoms in total. The summed E-state index contributed by atoms with van der Waals surface area (Å²) in [5.41, 5.74) is 1.21. The lowest BCUT2D eigenvalue weighted by molar-refractivity contribution is -0.134. The first-order valence-electron chi connectivity index (χ1n) is 15.4. The zero-order valence-electron chi connectivity index (χ0n) is 26.2. The maximum absolute atomic E-state index is 13.9. The quantitative estimate of drug-likeness (QED) is 0.319. The third-order valence-corrected chi connectivity index (χ3v) is 7.68. The zero-order chi connectivity index (χ0) is 32.4. The first kappa shape index (κ1) is 33.6. The topological polar surface area (TPSA) is 125 Å². The molecule has 0 bridgehead atoms. The number of rotatable bonds is 11. The van der Waals surface area contributed by atoms with Gasteiger partial charge in [-0.2, -0.15) is 0 Å². The largest absolute Gasteiger partial charge is 0.444 e. The smallest absolute Gasteiger partial charge is 0.410 e. The standard InChI is InChI=1S/C35H43N3O7/c1-35(2,3)45-34(43)37-18-16-28(17-19-37)32(41)38(20-15-25-13-14-27-11-7-8-12-29(27)21-25)33(42)36-30(31(40)22-39)24-44-23-26-9-5-4-6-10-26/h4-14,21,28,30,39H,15-20,22-24H2,1-3H3,(H,36,42)/t30-/m0/s1. The number of ether oxygens (including phenoxy) is 2. The van der Waals surface area contributed by atoms with E-state index in [0.29, 0.717) is 32.4 Å². The maximum Gasteiger partial charge on any atom is 0.410 e. The molecule has 240 valence electrons. The van der Waals surface area contributed by atoms with E-state index in [1.54, 1.807) is 25.7 Å². The number of carbonyl (C=O) groups excluding carboxylic acids is 4. The Balaban J connectivity index is 1.46. The highest BCUT2D eigenvalue weighted by molar-refractivity contribution is 5.98. The van der Waals surface area contributed by atoms with Gasteiger partial charge in [0, 0.05) is 25.6 Å². The minimum absolute atomic E-state index is 0.0835. The summed E-state index contributed by atoms with van der Waals surface area (Å²) in [5.74, 6) is -1.49. The Kier molecular flexibility index (Phi) is 11.7. The predicted molar refractivity (Wildman–Crippen MR) is 170 cm³/mol. The van der Waals surface area contributed by atoms with Crippen LogP contribution in [0.5, 0.6) is 0 Å². The van der Waals surface area contributed by atoms with E-state index >= 15 is 0 Å². The highest BCUT2D eigenvalue weighted by Gasteiger charge is 2.35. The van der Waals surface area contributed by atoms with Crippen molar-refractivity contribution in [2.24, 2.45) is 5.92 Å². The average molecular weight is 618 g/mol. The number of amides is 4. The van der Waals surface area contributed by atoms with Crippen LogP contribution in [0.1, 0.15) is 44.7 Å². The van der Waals surface area contributed by atoms with Crippen molar-refractivity contribution in [2.45, 2.75) is 58.3 Å². The van der Waals surface area contributed by atoms with E-state index in [9.17, 15) is 24.3 Å². The van der Waals surface area contributed by atoms with Gasteiger partial charge in [-0.1, -0.05) is 72.8 Å². The number of imide groups is 1. The second-order valence-electron chi connectivity index (χ2n) is 12.3. The number of Topliss-reactive ketones (excluding diaryl/α,β-unsaturated/α-hetero) is 1. The summed E-state index contributed by atoms with van der Waals surface area (Å²) in [6, 6.07) is 21.5. The number of hydrogen-bond acceptors (Lipinski definition) is 7. The lowest BCUT2D eigenvalue weighted by Crippen LogP contribution is -2.54. The van der Waals surface area contributed by atoms with E-state index in [1.165, 1.54) is 0 Å². The van der Waals surface area contributed by atoms with Crippen molar-refractivity contribution in [3.05, 3.63) is 83.9 Å². The number of nitrogens with zero attached hydrogens (tertiary/aromatic N) is 2. The summed E-state index contributed by atoms with van der Waals surface area (Å²) in [5, 5.41) is 14.4. The molecule has 0 saturated carbocycles. The van der Waals surface area contributed by atoms with Crippen LogP contribution in [0.4, 0.5) is 9.59 Å². The Morgan fingerprint density at radius 1 is 0.933 bits per heavy atom. The Labute approximate surface area is 264 Å². The zero-order valence-corrected chi connectivity index (χ0v) is 26.2. The number of nitrogens with one attached hydrogen (secondary N) is 1. The highest BCUT2D eigenvalue weighted by Crippen LogP contribution is 2.23. The van der Waals surface area contributed by atoms with Gasteiger partial charge >= 0.3 is 12.1 Å². The number of aliphatic hydroxyl groups excluding tert-OH is 1. The molecule has 1 heterocycles. The number of fused-ring (bicyclic) bond motifs is 1. The van der Waals surface area contributed by atoms with Crippen LogP contribution >= 0.6 is 0 Å². The summed E-state index contributed by atoms with van der Waals surface area (Å²) in [6.07, 6.45) is 0.720. The summed E-state index contributed by atoms with van der Waals surface area (Å²) in [7, 11) is 0. The number of ketones is 1. The molecule has 2 N–H and O–H groups in total. The second kappa shape index (κ2) is 15.6. The number of benzene rings is 3. The fraction of sp³-hybridized carbons (Fsp3) is 0.429. The van der Waals surface area contributed by atoms with E-state index in [1.807, 2.05) is 72.8 Å². The first-order valence-corrected chi connectivity index (χ1v) is 15.4. The molecule has 0 aliphatic carbocycles. The van der Waals surface area contributed by atoms with E-state index in [0.717, 1.165) is 26.8 Å². The van der Waals surface area contributed by atoms with Crippen molar-refractivity contribution in [2.75, 3.05) is 32.8 Å². The van der Waals surface area contributed by atoms with Crippen LogP contribution in [0.25, 0.3) is 10.8 Å². The van der Waals surface area contributed by atoms with Gasteiger partial charge in [-0.15, -0.1) is 0 Å². The lowest BCUT2D eigenvalue weighted by atomic mass is 9.95. The van der Waals surface area contributed by atoms with Gasteiger partial charge in [0.2, 0.25) is 5.91 Å². The van der Waals surface area contributed by atoms with E-state index < -0.39 is 42.1 Å². The molecule has 0 radical (unpaired) electrons. The molecule has 3 aromatic rings. The van der Waals surface area contributed by atoms with Gasteiger partial charge in [0.15, 0.2) is 5.78 Å². The normalized spacial score (nSPS) is 14.5. The van der Waals surface area contributed by atoms with Crippen molar-refractivity contribution in [3.63, 3.8) is 0 Å². The number of hydrogen-bond donors (Lipinski definition) is 2. The summed E-state index contributed by atoms with van der Waals surface area (Å²) in [4.78, 5) is 55.4. The van der Waals surface area contributed by atoms with Crippen LogP contribution in [0, 0.1) is 5.92 Å². The summed E-state index contributed by atoms with van der Waals surface area (Å²) >= 11 is 0. The summed E-state index contributed by atoms with van der Waals surface area (Å²) < 4.78 is 11.2. The number of piperidine rings is 1. The van der Waals surface area contributed by atoms with Crippen molar-refractivity contribution in [1.82, 2.24) is 15.1 Å². The monoisotopic (exact) mass is 617 g/mol. The molecule has 10 heteroatoms. The van der Waals surface area contributed by atoms with Gasteiger partial charge < -0.3 is 24.8 Å². The SMILES string of the molecule is CC(C)(C)OC(=O)N1CCC(C(=O)N(CCc2ccc3ccccc3c2)C(=O)N[C@@H](COCc2ccccc2)C(=O)CO)CC1. The third kappa shape index (κ3) is 9.86. The molecule has 0 spiro atoms. The van der Waals surface area contributed by atoms with Gasteiger partial charge in [0.25, 0.3) is 0 Å². The van der Waals surface area contributed by atoms with Crippen molar-refractivity contribution >= 4 is 34.6 Å². The molecular weight excluding hydrogens is 574 g/mol. The lowest BCUT2D eigenvalue weighted by Gasteiger charge is -2.35. The van der Waals surface area contributed by atoms with Crippen LogP contribution < -0.4 is 5.32 Å². The van der Waals surface area contributed by atoms with E-state index in [-0.39, 0.29) is 25.7 Å². The predicted octanol–water partition coefficient (Wildman–Crippen LogP) is 4.71. The molecule has 4 rings (SSSR count). The summed E-state index contributed by atoms with van der Waals surface area (Å²) in [6.45, 7) is 5.40. The molecule has 1 saturated heterocycles. The van der Waals surface area contributed by atoms with Crippen molar-refractivity contribution in [1.29, 1.82) is 0 Å². The van der Waals surface area contributed by atoms with Crippen molar-refractivity contribution < 1.29 is 33.8 Å². The van der Waals surface area contributed by atoms with Gasteiger partial charge in [0.1, 0.15) is 18.2 Å². The van der Waals surface area contributed by atoms with Crippen LogP contribution in [-0.2, 0) is 32.1 Å². The number of likely N-dealkylation sites (tertiary alicyclic amines) is 1. The fourth-order valence-electron chi connectivity index (χ4n) is 5.22. The highest BCUT2D eigenvalue weighted by atomic mass is 16.6. The van der Waals surface area contributed by atoms with Crippen LogP contribution in [0.2, 0.25) is 0 Å². The third-order valence-electron chi connectivity index (χ3n) is 7.68. The molecule has 1 aliphatic rings. The van der Waals surface area contributed by atoms with Gasteiger partial charge in [0.05, 0.1) is 13.2 Å². The molecular formula is C35H43N3O7. The minimum atomic E-state index is -1.14. The number of carbonyl (C=O) groups is 4. The average Bonchev–Trinajstić information content (AvgIpc) is 3.03. The number of aliphatic hydroxyl groups is 1. The Morgan fingerprint density at radius 3 is 2.27 bits per heavy atom. The molecule has 1 aliphatic heterocycles. The molecule has 45 heavy (non-hydrogen) atoms. The van der Waals surface area contributed by atoms with Crippen molar-refractivity contribution in [3.8, 4) is 0 Å². The van der Waals surface area contributed by atoms with E-state index in [4.69, 9.17) is 9.47 Å².